The average Bonchev–Trinajstić information content (AvgIpc) is 2.64. The quantitative estimate of drug-likeness (QED) is 0.588. The molecule has 0 aliphatic rings. The largest absolute Gasteiger partial charge is 0.476 e. The van der Waals surface area contributed by atoms with Gasteiger partial charge >= 0.3 is 12.0 Å². The predicted octanol–water partition coefficient (Wildman–Crippen LogP) is -1.27. The highest BCUT2D eigenvalue weighted by molar-refractivity contribution is 5.95. The molecule has 9 nitrogen and oxygen atoms in total. The number of aromatic nitrogens is 3. The molecule has 0 aliphatic carbocycles. The third-order valence-electron chi connectivity index (χ3n) is 1.75. The topological polar surface area (TPSA) is 140 Å². The van der Waals surface area contributed by atoms with Crippen molar-refractivity contribution in [1.82, 2.24) is 20.3 Å². The number of hydrogen-bond donors (Lipinski definition) is 3. The summed E-state index contributed by atoms with van der Waals surface area (Å²) in [4.78, 5) is 32.2. The van der Waals surface area contributed by atoms with Crippen molar-refractivity contribution in [3.05, 3.63) is 11.9 Å². The van der Waals surface area contributed by atoms with Crippen LogP contribution in [0.2, 0.25) is 0 Å². The SMILES string of the molecule is CC(C(=O)NC(N)=O)n1cc(C(=O)O)nn1. The Morgan fingerprint density at radius 1 is 1.56 bits per heavy atom. The lowest BCUT2D eigenvalue weighted by Crippen LogP contribution is -2.39. The average molecular weight is 227 g/mol. The second kappa shape index (κ2) is 4.38. The number of urea groups is 1. The van der Waals surface area contributed by atoms with Crippen molar-refractivity contribution in [3.8, 4) is 0 Å². The van der Waals surface area contributed by atoms with Gasteiger partial charge in [0.1, 0.15) is 6.04 Å². The number of carboxylic acid groups (broad SMARTS) is 1. The number of amides is 3. The van der Waals surface area contributed by atoms with Crippen LogP contribution in [0.15, 0.2) is 6.20 Å². The van der Waals surface area contributed by atoms with Crippen molar-refractivity contribution in [3.63, 3.8) is 0 Å². The fourth-order valence-corrected chi connectivity index (χ4v) is 0.910. The number of primary amides is 1. The molecule has 0 fully saturated rings. The van der Waals surface area contributed by atoms with Crippen LogP contribution in [0.25, 0.3) is 0 Å². The zero-order valence-electron chi connectivity index (χ0n) is 8.25. The summed E-state index contributed by atoms with van der Waals surface area (Å²) in [5, 5.41) is 17.2. The van der Waals surface area contributed by atoms with Gasteiger partial charge in [0.25, 0.3) is 5.91 Å². The summed E-state index contributed by atoms with van der Waals surface area (Å²) in [5.41, 5.74) is 4.46. The molecule has 4 N–H and O–H groups in total. The fraction of sp³-hybridized carbons (Fsp3) is 0.286. The van der Waals surface area contributed by atoms with Gasteiger partial charge in [-0.2, -0.15) is 0 Å². The number of hydrogen-bond acceptors (Lipinski definition) is 5. The molecule has 1 rings (SSSR count). The summed E-state index contributed by atoms with van der Waals surface area (Å²) in [6.07, 6.45) is 1.08. The standard InChI is InChI=1S/C7H9N5O4/c1-3(5(13)9-7(8)16)12-2-4(6(14)15)10-11-12/h2-3H,1H3,(H,14,15)(H3,8,9,13,16). The number of imide groups is 1. The molecule has 0 radical (unpaired) electrons. The molecule has 1 aromatic rings. The van der Waals surface area contributed by atoms with E-state index in [9.17, 15) is 14.4 Å². The highest BCUT2D eigenvalue weighted by atomic mass is 16.4. The first-order chi connectivity index (χ1) is 7.41. The van der Waals surface area contributed by atoms with Gasteiger partial charge in [0.2, 0.25) is 0 Å². The second-order valence-electron chi connectivity index (χ2n) is 2.92. The van der Waals surface area contributed by atoms with E-state index >= 15 is 0 Å². The van der Waals surface area contributed by atoms with Gasteiger partial charge < -0.3 is 10.8 Å². The number of carbonyl (C=O) groups excluding carboxylic acids is 2. The van der Waals surface area contributed by atoms with Crippen molar-refractivity contribution in [2.45, 2.75) is 13.0 Å². The Hall–Kier alpha value is -2.45. The summed E-state index contributed by atoms with van der Waals surface area (Å²) >= 11 is 0. The molecular formula is C7H9N5O4. The third kappa shape index (κ3) is 2.53. The van der Waals surface area contributed by atoms with Gasteiger partial charge in [0.15, 0.2) is 5.69 Å². The van der Waals surface area contributed by atoms with Crippen LogP contribution in [0.1, 0.15) is 23.5 Å². The molecule has 1 aromatic heterocycles. The molecule has 86 valence electrons. The first-order valence-corrected chi connectivity index (χ1v) is 4.17. The van der Waals surface area contributed by atoms with Crippen LogP contribution in [0.5, 0.6) is 0 Å². The van der Waals surface area contributed by atoms with E-state index in [1.165, 1.54) is 6.92 Å². The third-order valence-corrected chi connectivity index (χ3v) is 1.75. The van der Waals surface area contributed by atoms with E-state index in [1.807, 2.05) is 5.32 Å². The number of aromatic carboxylic acids is 1. The molecule has 1 unspecified atom stereocenters. The Labute approximate surface area is 89.2 Å². The monoisotopic (exact) mass is 227 g/mol. The Morgan fingerprint density at radius 3 is 2.62 bits per heavy atom. The van der Waals surface area contributed by atoms with E-state index in [0.29, 0.717) is 0 Å². The van der Waals surface area contributed by atoms with Crippen molar-refractivity contribution >= 4 is 17.9 Å². The van der Waals surface area contributed by atoms with E-state index < -0.39 is 23.9 Å². The van der Waals surface area contributed by atoms with E-state index in [2.05, 4.69) is 10.3 Å². The minimum absolute atomic E-state index is 0.293. The molecule has 0 aliphatic heterocycles. The van der Waals surface area contributed by atoms with Crippen LogP contribution in [0.4, 0.5) is 4.79 Å². The molecule has 0 aromatic carbocycles. The van der Waals surface area contributed by atoms with Gasteiger partial charge in [-0.15, -0.1) is 5.10 Å². The van der Waals surface area contributed by atoms with E-state index in [4.69, 9.17) is 10.8 Å². The lowest BCUT2D eigenvalue weighted by molar-refractivity contribution is -0.123. The Morgan fingerprint density at radius 2 is 2.19 bits per heavy atom. The highest BCUT2D eigenvalue weighted by Gasteiger charge is 2.19. The highest BCUT2D eigenvalue weighted by Crippen LogP contribution is 2.04. The summed E-state index contributed by atoms with van der Waals surface area (Å²) in [6.45, 7) is 1.42. The Bertz CT molecular complexity index is 440. The van der Waals surface area contributed by atoms with Crippen LogP contribution < -0.4 is 11.1 Å². The maximum Gasteiger partial charge on any atom is 0.358 e. The normalized spacial score (nSPS) is 11.8. The predicted molar refractivity (Wildman–Crippen MR) is 49.4 cm³/mol. The molecule has 16 heavy (non-hydrogen) atoms. The molecular weight excluding hydrogens is 218 g/mol. The van der Waals surface area contributed by atoms with Gasteiger partial charge in [0, 0.05) is 0 Å². The first kappa shape index (κ1) is 11.6. The van der Waals surface area contributed by atoms with Crippen molar-refractivity contribution in [2.24, 2.45) is 5.73 Å². The summed E-state index contributed by atoms with van der Waals surface area (Å²) < 4.78 is 1.02. The number of nitrogens with zero attached hydrogens (tertiary/aromatic N) is 3. The molecule has 0 bridgehead atoms. The van der Waals surface area contributed by atoms with Gasteiger partial charge in [-0.25, -0.2) is 14.3 Å². The summed E-state index contributed by atoms with van der Waals surface area (Å²) in [7, 11) is 0. The van der Waals surface area contributed by atoms with Crippen molar-refractivity contribution < 1.29 is 19.5 Å². The number of carbonyl (C=O) groups is 3. The van der Waals surface area contributed by atoms with Crippen molar-refractivity contribution in [2.75, 3.05) is 0 Å². The van der Waals surface area contributed by atoms with Gasteiger partial charge in [-0.3, -0.25) is 10.1 Å². The van der Waals surface area contributed by atoms with E-state index in [-0.39, 0.29) is 5.69 Å². The summed E-state index contributed by atoms with van der Waals surface area (Å²) in [6, 6.07) is -1.87. The van der Waals surface area contributed by atoms with Crippen LogP contribution in [0.3, 0.4) is 0 Å². The molecule has 3 amide bonds. The minimum atomic E-state index is -1.26. The summed E-state index contributed by atoms with van der Waals surface area (Å²) in [5.74, 6) is -1.96. The fourth-order valence-electron chi connectivity index (χ4n) is 0.910. The molecule has 9 heteroatoms. The Kier molecular flexibility index (Phi) is 3.18. The number of nitrogens with one attached hydrogen (secondary N) is 1. The van der Waals surface area contributed by atoms with Gasteiger partial charge in [0.05, 0.1) is 6.20 Å². The molecule has 0 saturated carbocycles. The number of nitrogens with two attached hydrogens (primary N) is 1. The minimum Gasteiger partial charge on any atom is -0.476 e. The molecule has 0 saturated heterocycles. The Balaban J connectivity index is 2.79. The maximum atomic E-state index is 11.3. The van der Waals surface area contributed by atoms with Crippen LogP contribution in [-0.2, 0) is 4.79 Å². The van der Waals surface area contributed by atoms with E-state index in [0.717, 1.165) is 10.9 Å². The number of rotatable bonds is 3. The zero-order chi connectivity index (χ0) is 12.3. The molecule has 1 atom stereocenters. The number of carboxylic acids is 1. The second-order valence-corrected chi connectivity index (χ2v) is 2.92. The van der Waals surface area contributed by atoms with E-state index in [1.54, 1.807) is 0 Å². The molecule has 1 heterocycles. The van der Waals surface area contributed by atoms with Crippen molar-refractivity contribution in [1.29, 1.82) is 0 Å². The van der Waals surface area contributed by atoms with Crippen LogP contribution in [0, 0.1) is 0 Å². The zero-order valence-corrected chi connectivity index (χ0v) is 8.25. The smallest absolute Gasteiger partial charge is 0.358 e. The lowest BCUT2D eigenvalue weighted by atomic mass is 10.3. The van der Waals surface area contributed by atoms with Crippen LogP contribution in [-0.4, -0.2) is 38.0 Å². The van der Waals surface area contributed by atoms with Gasteiger partial charge in [-0.1, -0.05) is 5.21 Å². The first-order valence-electron chi connectivity index (χ1n) is 4.17. The van der Waals surface area contributed by atoms with Crippen LogP contribution >= 0.6 is 0 Å². The van der Waals surface area contributed by atoms with Gasteiger partial charge in [-0.05, 0) is 6.92 Å². The maximum absolute atomic E-state index is 11.3. The molecule has 0 spiro atoms. The lowest BCUT2D eigenvalue weighted by Gasteiger charge is -2.08.